The summed E-state index contributed by atoms with van der Waals surface area (Å²) >= 11 is 0. The van der Waals surface area contributed by atoms with E-state index in [1.807, 2.05) is 0 Å². The Bertz CT molecular complexity index is 786. The van der Waals surface area contributed by atoms with Crippen molar-refractivity contribution in [2.24, 2.45) is 34.5 Å². The summed E-state index contributed by atoms with van der Waals surface area (Å²) in [4.78, 5) is 23.4. The van der Waals surface area contributed by atoms with Gasteiger partial charge in [0.25, 0.3) is 0 Å². The second-order valence-corrected chi connectivity index (χ2v) is 11.7. The average molecular weight is 415 g/mol. The van der Waals surface area contributed by atoms with Crippen molar-refractivity contribution in [3.8, 4) is 0 Å². The van der Waals surface area contributed by atoms with E-state index >= 15 is 0 Å². The average Bonchev–Trinajstić information content (AvgIpc) is 3.21. The molecule has 0 N–H and O–H groups in total. The van der Waals surface area contributed by atoms with Gasteiger partial charge in [-0.25, -0.2) is 0 Å². The van der Waals surface area contributed by atoms with Gasteiger partial charge in [0, 0.05) is 25.7 Å². The second-order valence-electron chi connectivity index (χ2n) is 11.7. The maximum atomic E-state index is 11.9. The first-order chi connectivity index (χ1) is 14.2. The number of cyclic esters (lactones) is 1. The Balaban J connectivity index is 1.39. The Hall–Kier alpha value is -1.32. The molecule has 0 unspecified atom stereocenters. The zero-order valence-corrected chi connectivity index (χ0v) is 19.2. The second kappa shape index (κ2) is 6.84. The van der Waals surface area contributed by atoms with Crippen LogP contribution in [0.1, 0.15) is 91.9 Å². The van der Waals surface area contributed by atoms with Gasteiger partial charge in [-0.1, -0.05) is 25.5 Å². The van der Waals surface area contributed by atoms with Gasteiger partial charge in [0.15, 0.2) is 0 Å². The molecule has 4 heteroatoms. The fraction of sp³-hybridized carbons (Fsp3) is 0.846. The van der Waals surface area contributed by atoms with Crippen molar-refractivity contribution in [1.82, 2.24) is 0 Å². The summed E-state index contributed by atoms with van der Waals surface area (Å²) in [6.07, 6.45) is 13.3. The van der Waals surface area contributed by atoms with E-state index < -0.39 is 0 Å². The van der Waals surface area contributed by atoms with E-state index in [0.29, 0.717) is 12.3 Å². The Morgan fingerprint density at radius 2 is 1.87 bits per heavy atom. The van der Waals surface area contributed by atoms with Gasteiger partial charge in [0.2, 0.25) is 0 Å². The predicted molar refractivity (Wildman–Crippen MR) is 114 cm³/mol. The normalized spacial score (nSPS) is 50.1. The molecule has 0 amide bonds. The lowest BCUT2D eigenvalue weighted by Crippen LogP contribution is -2.53. The molecule has 8 atom stereocenters. The molecular weight excluding hydrogens is 376 g/mol. The molecule has 0 aromatic carbocycles. The van der Waals surface area contributed by atoms with Gasteiger partial charge in [-0.05, 0) is 86.9 Å². The summed E-state index contributed by atoms with van der Waals surface area (Å²) in [5.74, 6) is 2.57. The Labute approximate surface area is 181 Å². The third-order valence-electron chi connectivity index (χ3n) is 10.3. The van der Waals surface area contributed by atoms with Gasteiger partial charge in [0.1, 0.15) is 11.7 Å². The fourth-order valence-electron chi connectivity index (χ4n) is 8.92. The molecule has 1 heterocycles. The highest BCUT2D eigenvalue weighted by molar-refractivity contribution is 5.72. The monoisotopic (exact) mass is 414 g/mol. The summed E-state index contributed by atoms with van der Waals surface area (Å²) in [6.45, 7) is 8.75. The standard InChI is InChI=1S/C26H38O4/c1-16(27)29-18-9-12-24(2)17(15-18)5-6-19-20-7-8-22(25(20,3)13-10-21(19)24)26(4)14-11-23(28)30-26/h5,18-22H,6-15H2,1-4H3/t18-,19-,20-,21-,22+,24+,25+,26-/m1/s1. The molecule has 0 bridgehead atoms. The Kier molecular flexibility index (Phi) is 4.69. The number of fused-ring (bicyclic) bond motifs is 5. The maximum Gasteiger partial charge on any atom is 0.306 e. The molecule has 0 aromatic rings. The Morgan fingerprint density at radius 3 is 2.57 bits per heavy atom. The summed E-state index contributed by atoms with van der Waals surface area (Å²) in [5.41, 5.74) is 1.85. The third kappa shape index (κ3) is 2.92. The number of hydrogen-bond acceptors (Lipinski definition) is 4. The van der Waals surface area contributed by atoms with E-state index in [-0.39, 0.29) is 34.5 Å². The molecule has 0 spiro atoms. The molecule has 0 radical (unpaired) electrons. The number of carbonyl (C=O) groups excluding carboxylic acids is 2. The van der Waals surface area contributed by atoms with Crippen molar-refractivity contribution >= 4 is 11.9 Å². The molecule has 3 saturated carbocycles. The lowest BCUT2D eigenvalue weighted by atomic mass is 9.46. The lowest BCUT2D eigenvalue weighted by molar-refractivity contribution is -0.159. The van der Waals surface area contributed by atoms with E-state index in [0.717, 1.165) is 43.4 Å². The van der Waals surface area contributed by atoms with Crippen molar-refractivity contribution in [2.75, 3.05) is 0 Å². The topological polar surface area (TPSA) is 52.6 Å². The van der Waals surface area contributed by atoms with Crippen molar-refractivity contribution < 1.29 is 19.1 Å². The zero-order chi connectivity index (χ0) is 21.3. The molecule has 5 rings (SSSR count). The zero-order valence-electron chi connectivity index (χ0n) is 19.2. The van der Waals surface area contributed by atoms with Gasteiger partial charge >= 0.3 is 11.9 Å². The first kappa shape index (κ1) is 20.6. The minimum atomic E-state index is -0.255. The van der Waals surface area contributed by atoms with Crippen LogP contribution in [-0.4, -0.2) is 23.6 Å². The summed E-state index contributed by atoms with van der Waals surface area (Å²) < 4.78 is 11.5. The first-order valence-corrected chi connectivity index (χ1v) is 12.2. The van der Waals surface area contributed by atoms with Gasteiger partial charge in [-0.15, -0.1) is 0 Å². The van der Waals surface area contributed by atoms with Crippen LogP contribution in [0.25, 0.3) is 0 Å². The number of carbonyl (C=O) groups is 2. The molecule has 166 valence electrons. The van der Waals surface area contributed by atoms with E-state index in [1.54, 1.807) is 5.57 Å². The van der Waals surface area contributed by atoms with Crippen LogP contribution in [0.15, 0.2) is 11.6 Å². The number of ether oxygens (including phenoxy) is 2. The molecule has 5 aliphatic rings. The number of hydrogen-bond donors (Lipinski definition) is 0. The van der Waals surface area contributed by atoms with E-state index in [4.69, 9.17) is 9.47 Å². The van der Waals surface area contributed by atoms with Crippen LogP contribution in [0, 0.1) is 34.5 Å². The largest absolute Gasteiger partial charge is 0.462 e. The maximum absolute atomic E-state index is 11.9. The van der Waals surface area contributed by atoms with Crippen LogP contribution in [0.5, 0.6) is 0 Å². The number of rotatable bonds is 2. The fourth-order valence-corrected chi connectivity index (χ4v) is 8.92. The van der Waals surface area contributed by atoms with Gasteiger partial charge in [-0.2, -0.15) is 0 Å². The Morgan fingerprint density at radius 1 is 1.07 bits per heavy atom. The first-order valence-electron chi connectivity index (χ1n) is 12.2. The van der Waals surface area contributed by atoms with Crippen LogP contribution in [0.4, 0.5) is 0 Å². The SMILES string of the molecule is CC(=O)O[C@@H]1CC[C@@]2(C)C(=CC[C@@H]3[C@H]4CC[C@H]([C@@]5(C)CCC(=O)O5)[C@@]4(C)CC[C@H]32)C1. The van der Waals surface area contributed by atoms with E-state index in [1.165, 1.54) is 39.0 Å². The highest BCUT2D eigenvalue weighted by atomic mass is 16.6. The molecular formula is C26H38O4. The van der Waals surface area contributed by atoms with Gasteiger partial charge in [0.05, 0.1) is 0 Å². The predicted octanol–water partition coefficient (Wildman–Crippen LogP) is 5.59. The van der Waals surface area contributed by atoms with Crippen molar-refractivity contribution in [3.05, 3.63) is 11.6 Å². The molecule has 4 nitrogen and oxygen atoms in total. The molecule has 30 heavy (non-hydrogen) atoms. The van der Waals surface area contributed by atoms with Crippen LogP contribution in [0.2, 0.25) is 0 Å². The molecule has 1 saturated heterocycles. The van der Waals surface area contributed by atoms with Crippen molar-refractivity contribution in [3.63, 3.8) is 0 Å². The highest BCUT2D eigenvalue weighted by Crippen LogP contribution is 2.68. The number of allylic oxidation sites excluding steroid dienone is 1. The highest BCUT2D eigenvalue weighted by Gasteiger charge is 2.63. The van der Waals surface area contributed by atoms with E-state index in [2.05, 4.69) is 26.8 Å². The summed E-state index contributed by atoms with van der Waals surface area (Å²) in [6, 6.07) is 0. The molecule has 0 aromatic heterocycles. The third-order valence-corrected chi connectivity index (χ3v) is 10.3. The van der Waals surface area contributed by atoms with Crippen LogP contribution in [0.3, 0.4) is 0 Å². The van der Waals surface area contributed by atoms with Crippen LogP contribution < -0.4 is 0 Å². The number of esters is 2. The quantitative estimate of drug-likeness (QED) is 0.436. The van der Waals surface area contributed by atoms with Crippen LogP contribution >= 0.6 is 0 Å². The van der Waals surface area contributed by atoms with Gasteiger partial charge < -0.3 is 9.47 Å². The lowest BCUT2D eigenvalue weighted by Gasteiger charge is -2.59. The van der Waals surface area contributed by atoms with Crippen molar-refractivity contribution in [2.45, 2.75) is 104 Å². The van der Waals surface area contributed by atoms with Gasteiger partial charge in [-0.3, -0.25) is 9.59 Å². The van der Waals surface area contributed by atoms with E-state index in [9.17, 15) is 9.59 Å². The molecule has 4 aliphatic carbocycles. The van der Waals surface area contributed by atoms with Crippen LogP contribution in [-0.2, 0) is 19.1 Å². The smallest absolute Gasteiger partial charge is 0.306 e. The molecule has 1 aliphatic heterocycles. The minimum absolute atomic E-state index is 0.000489. The minimum Gasteiger partial charge on any atom is -0.462 e. The van der Waals surface area contributed by atoms with Crippen molar-refractivity contribution in [1.29, 1.82) is 0 Å². The molecule has 4 fully saturated rings. The summed E-state index contributed by atoms with van der Waals surface area (Å²) in [7, 11) is 0. The summed E-state index contributed by atoms with van der Waals surface area (Å²) in [5, 5.41) is 0.